The summed E-state index contributed by atoms with van der Waals surface area (Å²) in [5.74, 6) is 0.989. The largest absolute Gasteiger partial charge is 0.461 e. The van der Waals surface area contributed by atoms with Crippen LogP contribution < -0.4 is 0 Å². The highest BCUT2D eigenvalue weighted by atomic mass is 16.5. The minimum absolute atomic E-state index is 0.212. The van der Waals surface area contributed by atoms with Crippen LogP contribution in [0.3, 0.4) is 0 Å². The van der Waals surface area contributed by atoms with E-state index in [-0.39, 0.29) is 5.97 Å². The van der Waals surface area contributed by atoms with Gasteiger partial charge in [0.2, 0.25) is 0 Å². The zero-order chi connectivity index (χ0) is 14.0. The van der Waals surface area contributed by atoms with E-state index in [4.69, 9.17) is 4.74 Å². The number of rotatable bonds is 3. The number of hydrogen-bond acceptors (Lipinski definition) is 2. The molecule has 2 rings (SSSR count). The van der Waals surface area contributed by atoms with Crippen molar-refractivity contribution in [3.05, 3.63) is 23.8 Å². The molecule has 0 aromatic rings. The summed E-state index contributed by atoms with van der Waals surface area (Å²) in [5.41, 5.74) is 3.13. The Morgan fingerprint density at radius 1 is 1.53 bits per heavy atom. The maximum atomic E-state index is 10.9. The predicted molar refractivity (Wildman–Crippen MR) is 77.7 cm³/mol. The molecule has 0 radical (unpaired) electrons. The summed E-state index contributed by atoms with van der Waals surface area (Å²) in [4.78, 5) is 10.9. The fraction of sp³-hybridized carbons (Fsp3) is 0.706. The van der Waals surface area contributed by atoms with Gasteiger partial charge in [-0.15, -0.1) is 0 Å². The molecule has 0 aromatic heterocycles. The van der Waals surface area contributed by atoms with Crippen LogP contribution in [0.25, 0.3) is 0 Å². The smallest absolute Gasteiger partial charge is 0.302 e. The molecule has 2 aliphatic carbocycles. The summed E-state index contributed by atoms with van der Waals surface area (Å²) < 4.78 is 5.09. The molecule has 0 aliphatic heterocycles. The Kier molecular flexibility index (Phi) is 4.17. The molecule has 3 atom stereocenters. The van der Waals surface area contributed by atoms with Crippen molar-refractivity contribution in [1.29, 1.82) is 0 Å². The molecular formula is C17H26O2. The van der Waals surface area contributed by atoms with E-state index >= 15 is 0 Å². The van der Waals surface area contributed by atoms with Crippen molar-refractivity contribution in [1.82, 2.24) is 0 Å². The normalized spacial score (nSPS) is 34.2. The Hall–Kier alpha value is -1.05. The van der Waals surface area contributed by atoms with Crippen molar-refractivity contribution in [3.63, 3.8) is 0 Å². The fourth-order valence-electron chi connectivity index (χ4n) is 3.85. The number of fused-ring (bicyclic) bond motifs is 1. The molecule has 106 valence electrons. The van der Waals surface area contributed by atoms with E-state index < -0.39 is 0 Å². The summed E-state index contributed by atoms with van der Waals surface area (Å²) >= 11 is 0. The lowest BCUT2D eigenvalue weighted by Crippen LogP contribution is -2.37. The molecule has 2 heteroatoms. The van der Waals surface area contributed by atoms with E-state index in [1.165, 1.54) is 39.0 Å². The van der Waals surface area contributed by atoms with Gasteiger partial charge in [-0.2, -0.15) is 0 Å². The third-order valence-corrected chi connectivity index (χ3v) is 5.19. The molecule has 0 N–H and O–H groups in total. The van der Waals surface area contributed by atoms with Crippen LogP contribution >= 0.6 is 0 Å². The second-order valence-electron chi connectivity index (χ2n) is 6.60. The van der Waals surface area contributed by atoms with Crippen LogP contribution in [0.2, 0.25) is 0 Å². The standard InChI is InChI=1S/C17H26O2/c1-12-6-5-8-17(4)9-7-15(10-16(12)17)13(2)11-19-14(3)18/h6,15-16H,2,5,7-11H2,1,3-4H3/t15-,16+,17-/m0/s1. The van der Waals surface area contributed by atoms with E-state index in [0.29, 0.717) is 23.9 Å². The van der Waals surface area contributed by atoms with Gasteiger partial charge >= 0.3 is 5.97 Å². The number of hydrogen-bond donors (Lipinski definition) is 0. The molecule has 2 nitrogen and oxygen atoms in total. The first-order valence-corrected chi connectivity index (χ1v) is 7.40. The summed E-state index contributed by atoms with van der Waals surface area (Å²) in [6.45, 7) is 10.7. The second-order valence-corrected chi connectivity index (χ2v) is 6.60. The molecule has 0 amide bonds. The summed E-state index contributed by atoms with van der Waals surface area (Å²) in [6, 6.07) is 0. The number of carbonyl (C=O) groups is 1. The number of allylic oxidation sites excluding steroid dienone is 2. The fourth-order valence-corrected chi connectivity index (χ4v) is 3.85. The van der Waals surface area contributed by atoms with E-state index in [0.717, 1.165) is 5.57 Å². The lowest BCUT2D eigenvalue weighted by Gasteiger charge is -2.48. The molecule has 0 aromatic carbocycles. The highest BCUT2D eigenvalue weighted by Crippen LogP contribution is 2.52. The van der Waals surface area contributed by atoms with Gasteiger partial charge in [-0.1, -0.05) is 25.2 Å². The molecule has 0 heterocycles. The van der Waals surface area contributed by atoms with Crippen LogP contribution in [0.4, 0.5) is 0 Å². The third kappa shape index (κ3) is 3.10. The van der Waals surface area contributed by atoms with Gasteiger partial charge in [0.15, 0.2) is 0 Å². The van der Waals surface area contributed by atoms with Gasteiger partial charge in [-0.05, 0) is 61.9 Å². The second kappa shape index (κ2) is 5.52. The highest BCUT2D eigenvalue weighted by Gasteiger charge is 2.42. The molecule has 0 saturated heterocycles. The number of ether oxygens (including phenoxy) is 1. The predicted octanol–water partition coefficient (Wildman–Crippen LogP) is 4.27. The maximum absolute atomic E-state index is 10.9. The Morgan fingerprint density at radius 3 is 2.95 bits per heavy atom. The Morgan fingerprint density at radius 2 is 2.26 bits per heavy atom. The van der Waals surface area contributed by atoms with Crippen LogP contribution in [0, 0.1) is 17.3 Å². The summed E-state index contributed by atoms with van der Waals surface area (Å²) in [5, 5.41) is 0. The number of carbonyl (C=O) groups excluding carboxylic acids is 1. The summed E-state index contributed by atoms with van der Waals surface area (Å²) in [6.07, 6.45) is 8.60. The van der Waals surface area contributed by atoms with Crippen molar-refractivity contribution < 1.29 is 9.53 Å². The topological polar surface area (TPSA) is 26.3 Å². The van der Waals surface area contributed by atoms with E-state index in [9.17, 15) is 4.79 Å². The first kappa shape index (κ1) is 14.4. The Labute approximate surface area is 116 Å². The van der Waals surface area contributed by atoms with Gasteiger partial charge in [0.05, 0.1) is 0 Å². The zero-order valence-corrected chi connectivity index (χ0v) is 12.5. The van der Waals surface area contributed by atoms with E-state index in [1.807, 2.05) is 0 Å². The van der Waals surface area contributed by atoms with Crippen LogP contribution in [-0.4, -0.2) is 12.6 Å². The van der Waals surface area contributed by atoms with E-state index in [1.54, 1.807) is 5.57 Å². The molecule has 1 saturated carbocycles. The Bertz CT molecular complexity index is 407. The lowest BCUT2D eigenvalue weighted by molar-refractivity contribution is -0.140. The Balaban J connectivity index is 2.00. The summed E-state index contributed by atoms with van der Waals surface area (Å²) in [7, 11) is 0. The quantitative estimate of drug-likeness (QED) is 0.561. The first-order chi connectivity index (χ1) is 8.92. The van der Waals surface area contributed by atoms with Crippen LogP contribution in [0.5, 0.6) is 0 Å². The molecule has 19 heavy (non-hydrogen) atoms. The maximum Gasteiger partial charge on any atom is 0.302 e. The first-order valence-electron chi connectivity index (χ1n) is 7.40. The molecule has 2 aliphatic rings. The van der Waals surface area contributed by atoms with Crippen LogP contribution in [0.1, 0.15) is 52.9 Å². The van der Waals surface area contributed by atoms with Crippen molar-refractivity contribution in [2.45, 2.75) is 52.9 Å². The minimum Gasteiger partial charge on any atom is -0.461 e. The molecular weight excluding hydrogens is 236 g/mol. The van der Waals surface area contributed by atoms with E-state index in [2.05, 4.69) is 26.5 Å². The van der Waals surface area contributed by atoms with Gasteiger partial charge in [-0.3, -0.25) is 4.79 Å². The highest BCUT2D eigenvalue weighted by molar-refractivity contribution is 5.66. The molecule has 0 bridgehead atoms. The number of esters is 1. The van der Waals surface area contributed by atoms with Crippen molar-refractivity contribution in [3.8, 4) is 0 Å². The third-order valence-electron chi connectivity index (χ3n) is 5.19. The van der Waals surface area contributed by atoms with Gasteiger partial charge in [0.1, 0.15) is 6.61 Å². The average Bonchev–Trinajstić information content (AvgIpc) is 2.35. The van der Waals surface area contributed by atoms with Gasteiger partial charge in [0.25, 0.3) is 0 Å². The van der Waals surface area contributed by atoms with Gasteiger partial charge in [-0.25, -0.2) is 0 Å². The van der Waals surface area contributed by atoms with Crippen LogP contribution in [-0.2, 0) is 9.53 Å². The SMILES string of the molecule is C=C(COC(C)=O)[C@H]1CC[C@]2(C)CCC=C(C)[C@H]2C1. The van der Waals surface area contributed by atoms with Crippen molar-refractivity contribution in [2.75, 3.05) is 6.61 Å². The molecule has 0 unspecified atom stereocenters. The van der Waals surface area contributed by atoms with Crippen molar-refractivity contribution in [2.24, 2.45) is 17.3 Å². The van der Waals surface area contributed by atoms with Crippen LogP contribution in [0.15, 0.2) is 23.8 Å². The monoisotopic (exact) mass is 262 g/mol. The average molecular weight is 262 g/mol. The zero-order valence-electron chi connectivity index (χ0n) is 12.5. The molecule has 1 fully saturated rings. The van der Waals surface area contributed by atoms with Gasteiger partial charge in [0, 0.05) is 6.92 Å². The molecule has 0 spiro atoms. The lowest BCUT2D eigenvalue weighted by atomic mass is 9.57. The minimum atomic E-state index is -0.212. The van der Waals surface area contributed by atoms with Crippen molar-refractivity contribution >= 4 is 5.97 Å². The van der Waals surface area contributed by atoms with Gasteiger partial charge < -0.3 is 4.74 Å².